The second kappa shape index (κ2) is 13.2. The maximum atomic E-state index is 13.9. The van der Waals surface area contributed by atoms with E-state index in [1.165, 1.54) is 43.5 Å². The molecular weight excluding hydrogens is 677 g/mol. The van der Waals surface area contributed by atoms with Crippen molar-refractivity contribution in [3.8, 4) is 11.1 Å². The lowest BCUT2D eigenvalue weighted by atomic mass is 9.93. The average molecular weight is 712 g/mol. The van der Waals surface area contributed by atoms with Gasteiger partial charge in [0.1, 0.15) is 18.9 Å². The average Bonchev–Trinajstić information content (AvgIpc) is 3.85. The summed E-state index contributed by atoms with van der Waals surface area (Å²) in [6.07, 6.45) is 1.30. The number of likely N-dealkylation sites (N-methyl/N-ethyl adjacent to an activating group) is 1. The topological polar surface area (TPSA) is 192 Å². The molecule has 0 unspecified atom stereocenters. The van der Waals surface area contributed by atoms with Gasteiger partial charge in [0.25, 0.3) is 5.91 Å². The van der Waals surface area contributed by atoms with Crippen molar-refractivity contribution < 1.29 is 46.6 Å². The second-order valence-electron chi connectivity index (χ2n) is 12.5. The first-order chi connectivity index (χ1) is 23.7. The Morgan fingerprint density at radius 2 is 1.82 bits per heavy atom. The molecule has 50 heavy (non-hydrogen) atoms. The number of halogens is 1. The molecule has 3 heterocycles. The van der Waals surface area contributed by atoms with Gasteiger partial charge in [-0.3, -0.25) is 19.1 Å². The molecule has 1 aliphatic carbocycles. The molecule has 2 aromatic carbocycles. The van der Waals surface area contributed by atoms with Gasteiger partial charge in [-0.05, 0) is 41.7 Å². The number of nitrogens with one attached hydrogen (secondary N) is 1. The number of aromatic nitrogens is 2. The third kappa shape index (κ3) is 6.62. The molecule has 2 atom stereocenters. The molecule has 0 saturated carbocycles. The molecule has 3 aliphatic rings. The van der Waals surface area contributed by atoms with Crippen molar-refractivity contribution >= 4 is 40.1 Å². The zero-order valence-electron chi connectivity index (χ0n) is 27.1. The van der Waals surface area contributed by atoms with E-state index in [9.17, 15) is 36.8 Å². The van der Waals surface area contributed by atoms with Gasteiger partial charge in [-0.2, -0.15) is 17.8 Å². The van der Waals surface area contributed by atoms with E-state index >= 15 is 0 Å². The Labute approximate surface area is 286 Å². The number of carbonyl (C=O) groups is 5. The number of imide groups is 1. The van der Waals surface area contributed by atoms with Gasteiger partial charge in [-0.1, -0.05) is 30.3 Å². The third-order valence-electron chi connectivity index (χ3n) is 9.12. The molecule has 2 aliphatic heterocycles. The van der Waals surface area contributed by atoms with E-state index < -0.39 is 58.2 Å². The number of benzene rings is 2. The van der Waals surface area contributed by atoms with Gasteiger partial charge in [-0.15, -0.1) is 0 Å². The Balaban J connectivity index is 1.20. The predicted molar refractivity (Wildman–Crippen MR) is 172 cm³/mol. The highest BCUT2D eigenvalue weighted by Crippen LogP contribution is 2.46. The Hall–Kier alpha value is -5.36. The Morgan fingerprint density at radius 1 is 1.08 bits per heavy atom. The second-order valence-corrected chi connectivity index (χ2v) is 14.2. The van der Waals surface area contributed by atoms with Crippen molar-refractivity contribution in [3.05, 3.63) is 77.4 Å². The van der Waals surface area contributed by atoms with Crippen LogP contribution in [0.4, 0.5) is 14.0 Å². The summed E-state index contributed by atoms with van der Waals surface area (Å²) in [4.78, 5) is 67.7. The van der Waals surface area contributed by atoms with Crippen molar-refractivity contribution in [2.45, 2.75) is 44.0 Å². The van der Waals surface area contributed by atoms with E-state index in [1.807, 2.05) is 6.07 Å². The molecule has 3 aromatic rings. The number of ether oxygens (including phenoxy) is 1. The smallest absolute Gasteiger partial charge is 0.419 e. The fourth-order valence-electron chi connectivity index (χ4n) is 6.50. The summed E-state index contributed by atoms with van der Waals surface area (Å²) in [5, 5.41) is 13.2. The first-order valence-corrected chi connectivity index (χ1v) is 17.1. The predicted octanol–water partition coefficient (Wildman–Crippen LogP) is 1.51. The highest BCUT2D eigenvalue weighted by Gasteiger charge is 2.58. The number of carboxylic acid groups (broad SMARTS) is 1. The van der Waals surface area contributed by atoms with Crippen LogP contribution in [-0.4, -0.2) is 112 Å². The Morgan fingerprint density at radius 3 is 2.52 bits per heavy atom. The highest BCUT2D eigenvalue weighted by atomic mass is 32.2. The number of fused-ring (bicyclic) bond motifs is 2. The van der Waals surface area contributed by atoms with Crippen LogP contribution in [0.5, 0.6) is 0 Å². The van der Waals surface area contributed by atoms with Crippen LogP contribution in [0.15, 0.2) is 54.9 Å². The van der Waals surface area contributed by atoms with Gasteiger partial charge in [0, 0.05) is 63.5 Å². The molecule has 6 rings (SSSR count). The Bertz CT molecular complexity index is 1980. The van der Waals surface area contributed by atoms with E-state index in [1.54, 1.807) is 38.6 Å². The summed E-state index contributed by atoms with van der Waals surface area (Å²) >= 11 is 0. The van der Waals surface area contributed by atoms with E-state index in [0.29, 0.717) is 17.5 Å². The first-order valence-electron chi connectivity index (χ1n) is 15.6. The molecule has 2 saturated heterocycles. The van der Waals surface area contributed by atoms with Crippen LogP contribution in [-0.2, 0) is 54.4 Å². The largest absolute Gasteiger partial charge is 0.464 e. The normalized spacial score (nSPS) is 20.2. The van der Waals surface area contributed by atoms with Gasteiger partial charge in [-0.25, -0.2) is 23.6 Å². The molecule has 264 valence electrons. The monoisotopic (exact) mass is 711 g/mol. The summed E-state index contributed by atoms with van der Waals surface area (Å²) < 4.78 is 48.3. The molecule has 0 bridgehead atoms. The lowest BCUT2D eigenvalue weighted by Gasteiger charge is -2.30. The summed E-state index contributed by atoms with van der Waals surface area (Å²) in [6, 6.07) is 9.89. The van der Waals surface area contributed by atoms with E-state index in [-0.39, 0.29) is 44.9 Å². The van der Waals surface area contributed by atoms with E-state index in [2.05, 4.69) is 5.10 Å². The molecule has 16 nitrogen and oxygen atoms in total. The number of carbonyl (C=O) groups excluding carboxylic acids is 4. The van der Waals surface area contributed by atoms with Gasteiger partial charge in [0.05, 0.1) is 6.20 Å². The molecule has 18 heteroatoms. The zero-order chi connectivity index (χ0) is 36.0. The van der Waals surface area contributed by atoms with Gasteiger partial charge in [0.15, 0.2) is 0 Å². The van der Waals surface area contributed by atoms with Crippen LogP contribution >= 0.6 is 0 Å². The highest BCUT2D eigenvalue weighted by molar-refractivity contribution is 7.87. The fourth-order valence-corrected chi connectivity index (χ4v) is 7.57. The third-order valence-corrected chi connectivity index (χ3v) is 10.6. The van der Waals surface area contributed by atoms with Crippen molar-refractivity contribution in [1.29, 1.82) is 0 Å². The summed E-state index contributed by atoms with van der Waals surface area (Å²) in [5.41, 5.74) is 1.68. The van der Waals surface area contributed by atoms with Crippen molar-refractivity contribution in [3.63, 3.8) is 0 Å². The summed E-state index contributed by atoms with van der Waals surface area (Å²) in [7, 11) is -1.09. The minimum Gasteiger partial charge on any atom is -0.464 e. The SMILES string of the molecule is CN(C)C(=O)Cn1cc(-c2ccc3c(c2)CC[C@@]32OC(=O)N(CC(=O)N(Cc3ccc(F)cc3)[C@H]3CCN(S(=O)(=O)NC(=O)O)C3)C2=O)cn1. The lowest BCUT2D eigenvalue weighted by Crippen LogP contribution is -2.49. The number of aryl methyl sites for hydroxylation is 1. The minimum absolute atomic E-state index is 0.0709. The van der Waals surface area contributed by atoms with Crippen LogP contribution in [0, 0.1) is 5.82 Å². The first kappa shape index (κ1) is 34.5. The maximum absolute atomic E-state index is 13.9. The lowest BCUT2D eigenvalue weighted by molar-refractivity contribution is -0.143. The number of nitrogens with zero attached hydrogens (tertiary/aromatic N) is 6. The van der Waals surface area contributed by atoms with Gasteiger partial charge in [0.2, 0.25) is 17.4 Å². The number of amides is 5. The van der Waals surface area contributed by atoms with Crippen LogP contribution in [0.1, 0.15) is 29.5 Å². The van der Waals surface area contributed by atoms with Crippen LogP contribution in [0.2, 0.25) is 0 Å². The van der Waals surface area contributed by atoms with Crippen LogP contribution < -0.4 is 4.72 Å². The molecular formula is C32H34FN7O9S. The van der Waals surface area contributed by atoms with Crippen LogP contribution in [0.25, 0.3) is 11.1 Å². The molecule has 5 amide bonds. The molecule has 1 spiro atoms. The summed E-state index contributed by atoms with van der Waals surface area (Å²) in [5.74, 6) is -2.02. The molecule has 2 N–H and O–H groups in total. The van der Waals surface area contributed by atoms with E-state index in [0.717, 1.165) is 25.9 Å². The zero-order valence-corrected chi connectivity index (χ0v) is 27.9. The quantitative estimate of drug-likeness (QED) is 0.312. The maximum Gasteiger partial charge on any atom is 0.419 e. The van der Waals surface area contributed by atoms with E-state index in [4.69, 9.17) is 9.84 Å². The van der Waals surface area contributed by atoms with Gasteiger partial charge < -0.3 is 19.6 Å². The van der Waals surface area contributed by atoms with Crippen molar-refractivity contribution in [1.82, 2.24) is 33.5 Å². The summed E-state index contributed by atoms with van der Waals surface area (Å²) in [6.45, 7) is -1.07. The molecule has 0 radical (unpaired) electrons. The fraction of sp³-hybridized carbons (Fsp3) is 0.375. The van der Waals surface area contributed by atoms with Gasteiger partial charge >= 0.3 is 22.4 Å². The number of hydrogen-bond donors (Lipinski definition) is 2. The van der Waals surface area contributed by atoms with Crippen LogP contribution in [0.3, 0.4) is 0 Å². The molecule has 2 fully saturated rings. The number of rotatable bonds is 10. The van der Waals surface area contributed by atoms with Crippen molar-refractivity contribution in [2.24, 2.45) is 0 Å². The standard InChI is InChI=1S/C32H34FN7O9S/c1-36(2)27(41)18-37-16-23(14-34-37)21-5-8-26-22(13-21)9-11-32(26)29(43)40(31(46)49-32)19-28(42)39(15-20-3-6-24(33)7-4-20)25-10-12-38(17-25)50(47,48)35-30(44)45/h3-8,13-14,16,25,35H,9-12,15,17-19H2,1-2H3,(H,44,45)/t25-,32+/m0/s1. The number of hydrogen-bond acceptors (Lipinski definition) is 9. The van der Waals surface area contributed by atoms with Crippen molar-refractivity contribution in [2.75, 3.05) is 33.7 Å². The minimum atomic E-state index is -4.40. The molecule has 1 aromatic heterocycles. The Kier molecular flexibility index (Phi) is 9.08.